The number of rotatable bonds is 2. The Morgan fingerprint density at radius 2 is 1.95 bits per heavy atom. The van der Waals surface area contributed by atoms with Gasteiger partial charge < -0.3 is 0 Å². The minimum atomic E-state index is 0.647. The first-order valence-corrected chi connectivity index (χ1v) is 9.49. The van der Waals surface area contributed by atoms with Crippen molar-refractivity contribution in [2.45, 2.75) is 85.0 Å². The van der Waals surface area contributed by atoms with Gasteiger partial charge in [0.1, 0.15) is 0 Å². The fourth-order valence-electron chi connectivity index (χ4n) is 5.54. The predicted molar refractivity (Wildman–Crippen MR) is 92.3 cm³/mol. The largest absolute Gasteiger partial charge is 0.0697 e. The number of hydrogen-bond acceptors (Lipinski definition) is 0. The lowest BCUT2D eigenvalue weighted by Gasteiger charge is -2.38. The van der Waals surface area contributed by atoms with Crippen LogP contribution >= 0.6 is 0 Å². The quantitative estimate of drug-likeness (QED) is 0.531. The van der Waals surface area contributed by atoms with Crippen LogP contribution in [-0.4, -0.2) is 0 Å². The Morgan fingerprint density at radius 3 is 2.76 bits per heavy atom. The van der Waals surface area contributed by atoms with Crippen LogP contribution in [0.3, 0.4) is 0 Å². The van der Waals surface area contributed by atoms with E-state index in [2.05, 4.69) is 32.9 Å². The van der Waals surface area contributed by atoms with E-state index in [4.69, 9.17) is 0 Å². The van der Waals surface area contributed by atoms with E-state index in [-0.39, 0.29) is 0 Å². The minimum Gasteiger partial charge on any atom is -0.0697 e. The molecule has 21 heavy (non-hydrogen) atoms. The Morgan fingerprint density at radius 1 is 1.14 bits per heavy atom. The molecule has 3 rings (SSSR count). The maximum Gasteiger partial charge on any atom is -0.0146 e. The second kappa shape index (κ2) is 6.31. The zero-order valence-corrected chi connectivity index (χ0v) is 14.5. The van der Waals surface area contributed by atoms with Crippen LogP contribution in [0.15, 0.2) is 23.3 Å². The van der Waals surface area contributed by atoms with Crippen LogP contribution < -0.4 is 0 Å². The van der Waals surface area contributed by atoms with E-state index in [1.807, 2.05) is 0 Å². The lowest BCUT2D eigenvalue weighted by atomic mass is 9.67. The predicted octanol–water partition coefficient (Wildman–Crippen LogP) is 6.68. The van der Waals surface area contributed by atoms with Crippen LogP contribution in [0.2, 0.25) is 0 Å². The van der Waals surface area contributed by atoms with Crippen molar-refractivity contribution in [2.24, 2.45) is 23.2 Å². The minimum absolute atomic E-state index is 0.647. The van der Waals surface area contributed by atoms with Crippen LogP contribution in [0.25, 0.3) is 0 Å². The van der Waals surface area contributed by atoms with Crippen molar-refractivity contribution in [2.75, 3.05) is 0 Å². The third kappa shape index (κ3) is 3.30. The highest BCUT2D eigenvalue weighted by Gasteiger charge is 2.42. The molecule has 118 valence electrons. The second-order valence-corrected chi connectivity index (χ2v) is 8.54. The van der Waals surface area contributed by atoms with E-state index in [9.17, 15) is 0 Å². The summed E-state index contributed by atoms with van der Waals surface area (Å²) < 4.78 is 0. The normalized spacial score (nSPS) is 44.2. The molecule has 0 heterocycles. The third-order valence-corrected chi connectivity index (χ3v) is 6.75. The maximum atomic E-state index is 2.56. The van der Waals surface area contributed by atoms with Gasteiger partial charge in [0, 0.05) is 0 Å². The molecule has 0 aliphatic heterocycles. The van der Waals surface area contributed by atoms with Gasteiger partial charge in [0.2, 0.25) is 0 Å². The van der Waals surface area contributed by atoms with E-state index in [0.29, 0.717) is 5.41 Å². The molecule has 0 aromatic heterocycles. The molecule has 0 aromatic rings. The Kier molecular flexibility index (Phi) is 4.62. The summed E-state index contributed by atoms with van der Waals surface area (Å²) in [6.07, 6.45) is 19.3. The van der Waals surface area contributed by atoms with Crippen molar-refractivity contribution >= 4 is 0 Å². The highest BCUT2D eigenvalue weighted by Crippen LogP contribution is 2.54. The summed E-state index contributed by atoms with van der Waals surface area (Å²) in [4.78, 5) is 0. The molecule has 4 atom stereocenters. The highest BCUT2D eigenvalue weighted by atomic mass is 14.5. The summed E-state index contributed by atoms with van der Waals surface area (Å²) in [7, 11) is 0. The molecule has 0 aromatic carbocycles. The SMILES string of the molecule is CCC1C/C(=C\C=C2/CCCC3(C)CCCC23)CC(C)C1. The summed E-state index contributed by atoms with van der Waals surface area (Å²) in [5.74, 6) is 2.75. The van der Waals surface area contributed by atoms with Crippen LogP contribution in [0.1, 0.15) is 85.0 Å². The molecule has 0 saturated heterocycles. The van der Waals surface area contributed by atoms with Crippen molar-refractivity contribution < 1.29 is 0 Å². The van der Waals surface area contributed by atoms with Gasteiger partial charge in [-0.25, -0.2) is 0 Å². The molecular formula is C21H34. The van der Waals surface area contributed by atoms with Crippen LogP contribution in [0, 0.1) is 23.2 Å². The number of hydrogen-bond donors (Lipinski definition) is 0. The van der Waals surface area contributed by atoms with Gasteiger partial charge in [0.05, 0.1) is 0 Å². The molecule has 0 amide bonds. The Balaban J connectivity index is 1.73. The van der Waals surface area contributed by atoms with Crippen LogP contribution in [-0.2, 0) is 0 Å². The molecule has 0 spiro atoms. The van der Waals surface area contributed by atoms with E-state index in [0.717, 1.165) is 17.8 Å². The molecule has 0 N–H and O–H groups in total. The van der Waals surface area contributed by atoms with Gasteiger partial charge in [-0.2, -0.15) is 0 Å². The Labute approximate surface area is 132 Å². The van der Waals surface area contributed by atoms with Crippen molar-refractivity contribution in [3.05, 3.63) is 23.3 Å². The van der Waals surface area contributed by atoms with Crippen LogP contribution in [0.4, 0.5) is 0 Å². The van der Waals surface area contributed by atoms with Crippen molar-refractivity contribution in [3.63, 3.8) is 0 Å². The third-order valence-electron chi connectivity index (χ3n) is 6.75. The van der Waals surface area contributed by atoms with Gasteiger partial charge in [-0.15, -0.1) is 0 Å². The fraction of sp³-hybridized carbons (Fsp3) is 0.810. The summed E-state index contributed by atoms with van der Waals surface area (Å²) >= 11 is 0. The molecule has 0 radical (unpaired) electrons. The molecule has 0 heteroatoms. The average molecular weight is 287 g/mol. The van der Waals surface area contributed by atoms with Gasteiger partial charge in [0.15, 0.2) is 0 Å². The standard InChI is InChI=1S/C21H34/c1-4-17-13-16(2)14-18(15-17)9-10-19-7-5-11-21(3)12-6-8-20(19)21/h9-10,16-17,20H,4-8,11-15H2,1-3H3/b18-9-,19-10+. The summed E-state index contributed by atoms with van der Waals surface area (Å²) in [6, 6.07) is 0. The monoisotopic (exact) mass is 286 g/mol. The van der Waals surface area contributed by atoms with Gasteiger partial charge in [-0.05, 0) is 74.5 Å². The van der Waals surface area contributed by atoms with Crippen molar-refractivity contribution in [3.8, 4) is 0 Å². The molecule has 0 bridgehead atoms. The smallest absolute Gasteiger partial charge is 0.0146 e. The van der Waals surface area contributed by atoms with Gasteiger partial charge in [-0.3, -0.25) is 0 Å². The molecule has 3 aliphatic rings. The molecule has 3 saturated carbocycles. The lowest BCUT2D eigenvalue weighted by molar-refractivity contribution is 0.201. The van der Waals surface area contributed by atoms with Crippen molar-refractivity contribution in [1.82, 2.24) is 0 Å². The highest BCUT2D eigenvalue weighted by molar-refractivity contribution is 5.25. The summed E-state index contributed by atoms with van der Waals surface area (Å²) in [5.41, 5.74) is 4.17. The Hall–Kier alpha value is -0.520. The molecule has 4 unspecified atom stereocenters. The first-order chi connectivity index (χ1) is 10.1. The van der Waals surface area contributed by atoms with Crippen molar-refractivity contribution in [1.29, 1.82) is 0 Å². The summed E-state index contributed by atoms with van der Waals surface area (Å²) in [6.45, 7) is 7.36. The van der Waals surface area contributed by atoms with Gasteiger partial charge in [-0.1, -0.05) is 56.9 Å². The van der Waals surface area contributed by atoms with E-state index < -0.39 is 0 Å². The number of allylic oxidation sites excluding steroid dienone is 4. The topological polar surface area (TPSA) is 0 Å². The molecule has 0 nitrogen and oxygen atoms in total. The second-order valence-electron chi connectivity index (χ2n) is 8.54. The average Bonchev–Trinajstić information content (AvgIpc) is 2.86. The summed E-state index contributed by atoms with van der Waals surface area (Å²) in [5, 5.41) is 0. The molecular weight excluding hydrogens is 252 g/mol. The van der Waals surface area contributed by atoms with Gasteiger partial charge >= 0.3 is 0 Å². The van der Waals surface area contributed by atoms with Gasteiger partial charge in [0.25, 0.3) is 0 Å². The first kappa shape index (κ1) is 15.4. The fourth-order valence-corrected chi connectivity index (χ4v) is 5.54. The zero-order chi connectivity index (χ0) is 14.9. The van der Waals surface area contributed by atoms with E-state index in [1.54, 1.807) is 11.1 Å². The molecule has 3 aliphatic carbocycles. The Bertz CT molecular complexity index is 427. The van der Waals surface area contributed by atoms with E-state index in [1.165, 1.54) is 64.2 Å². The molecule has 3 fully saturated rings. The lowest BCUT2D eigenvalue weighted by Crippen LogP contribution is -2.27. The maximum absolute atomic E-state index is 2.56. The zero-order valence-electron chi connectivity index (χ0n) is 14.5. The van der Waals surface area contributed by atoms with E-state index >= 15 is 0 Å². The number of fused-ring (bicyclic) bond motifs is 1. The first-order valence-electron chi connectivity index (χ1n) is 9.49. The van der Waals surface area contributed by atoms with Crippen LogP contribution in [0.5, 0.6) is 0 Å².